The first-order valence-corrected chi connectivity index (χ1v) is 9.69. The molecule has 0 bridgehead atoms. The van der Waals surface area contributed by atoms with E-state index in [1.165, 1.54) is 18.3 Å². The molecule has 2 aliphatic rings. The lowest BCUT2D eigenvalue weighted by Gasteiger charge is -2.25. The number of halogens is 1. The SMILES string of the molecule is C[C@]1(c2ccc3c(c2)OCCO3)NC(=O)N(Cc2ncc(-c3ccc(F)cc3)o2)C1=O. The normalized spacial score (nSPS) is 20.1. The molecule has 3 amide bonds. The summed E-state index contributed by atoms with van der Waals surface area (Å²) in [6.45, 7) is 2.38. The minimum Gasteiger partial charge on any atom is -0.486 e. The van der Waals surface area contributed by atoms with Gasteiger partial charge in [-0.25, -0.2) is 14.2 Å². The number of carbonyl (C=O) groups is 2. The van der Waals surface area contributed by atoms with Gasteiger partial charge in [-0.15, -0.1) is 0 Å². The Morgan fingerprint density at radius 3 is 2.61 bits per heavy atom. The van der Waals surface area contributed by atoms with Crippen LogP contribution in [0.2, 0.25) is 0 Å². The van der Waals surface area contributed by atoms with Crippen molar-refractivity contribution in [3.05, 3.63) is 65.9 Å². The Morgan fingerprint density at radius 2 is 1.84 bits per heavy atom. The van der Waals surface area contributed by atoms with Gasteiger partial charge in [-0.05, 0) is 48.9 Å². The first-order valence-electron chi connectivity index (χ1n) is 9.69. The van der Waals surface area contributed by atoms with Crippen LogP contribution in [-0.2, 0) is 16.9 Å². The number of hydrogen-bond acceptors (Lipinski definition) is 6. The number of nitrogens with one attached hydrogen (secondary N) is 1. The highest BCUT2D eigenvalue weighted by molar-refractivity contribution is 6.07. The molecule has 1 saturated heterocycles. The monoisotopic (exact) mass is 423 g/mol. The predicted octanol–water partition coefficient (Wildman–Crippen LogP) is 3.22. The third kappa shape index (κ3) is 3.27. The Labute approximate surface area is 176 Å². The van der Waals surface area contributed by atoms with E-state index >= 15 is 0 Å². The minimum atomic E-state index is -1.26. The van der Waals surface area contributed by atoms with E-state index in [2.05, 4.69) is 10.3 Å². The number of benzene rings is 2. The number of oxazole rings is 1. The molecule has 0 aliphatic carbocycles. The third-order valence-electron chi connectivity index (χ3n) is 5.37. The Kier molecular flexibility index (Phi) is 4.39. The van der Waals surface area contributed by atoms with E-state index < -0.39 is 17.5 Å². The lowest BCUT2D eigenvalue weighted by molar-refractivity contribution is -0.131. The van der Waals surface area contributed by atoms with Gasteiger partial charge < -0.3 is 19.2 Å². The van der Waals surface area contributed by atoms with Crippen LogP contribution in [0.15, 0.2) is 53.1 Å². The molecule has 2 aromatic carbocycles. The van der Waals surface area contributed by atoms with Crippen LogP contribution >= 0.6 is 0 Å². The fourth-order valence-electron chi connectivity index (χ4n) is 3.66. The lowest BCUT2D eigenvalue weighted by Crippen LogP contribution is -2.41. The molecule has 5 rings (SSSR count). The Hall–Kier alpha value is -3.88. The Bertz CT molecular complexity index is 1180. The maximum atomic E-state index is 13.2. The van der Waals surface area contributed by atoms with E-state index in [1.54, 1.807) is 37.3 Å². The van der Waals surface area contributed by atoms with Gasteiger partial charge in [0.1, 0.15) is 31.1 Å². The second-order valence-electron chi connectivity index (χ2n) is 7.43. The highest BCUT2D eigenvalue weighted by Crippen LogP contribution is 2.37. The molecular formula is C22H18FN3O5. The van der Waals surface area contributed by atoms with E-state index in [0.717, 1.165) is 4.90 Å². The number of fused-ring (bicyclic) bond motifs is 1. The molecule has 1 N–H and O–H groups in total. The van der Waals surface area contributed by atoms with E-state index in [4.69, 9.17) is 13.9 Å². The number of amides is 3. The number of hydrogen-bond donors (Lipinski definition) is 1. The number of carbonyl (C=O) groups excluding carboxylic acids is 2. The van der Waals surface area contributed by atoms with Crippen LogP contribution in [-0.4, -0.2) is 35.0 Å². The Balaban J connectivity index is 1.37. The molecule has 8 nitrogen and oxygen atoms in total. The summed E-state index contributed by atoms with van der Waals surface area (Å²) in [5.74, 6) is 0.935. The molecule has 9 heteroatoms. The van der Waals surface area contributed by atoms with Gasteiger partial charge in [0.05, 0.1) is 6.20 Å². The van der Waals surface area contributed by atoms with Crippen LogP contribution in [0, 0.1) is 5.82 Å². The highest BCUT2D eigenvalue weighted by Gasteiger charge is 2.49. The first kappa shape index (κ1) is 19.1. The van der Waals surface area contributed by atoms with Gasteiger partial charge in [-0.3, -0.25) is 9.69 Å². The maximum absolute atomic E-state index is 13.2. The zero-order chi connectivity index (χ0) is 21.6. The van der Waals surface area contributed by atoms with Gasteiger partial charge in [0.15, 0.2) is 17.3 Å². The van der Waals surface area contributed by atoms with E-state index in [1.807, 2.05) is 0 Å². The zero-order valence-corrected chi connectivity index (χ0v) is 16.6. The third-order valence-corrected chi connectivity index (χ3v) is 5.37. The fourth-order valence-corrected chi connectivity index (χ4v) is 3.66. The van der Waals surface area contributed by atoms with Crippen LogP contribution in [0.5, 0.6) is 11.5 Å². The van der Waals surface area contributed by atoms with Crippen molar-refractivity contribution in [2.45, 2.75) is 19.0 Å². The summed E-state index contributed by atoms with van der Waals surface area (Å²) in [7, 11) is 0. The molecule has 3 aromatic rings. The summed E-state index contributed by atoms with van der Waals surface area (Å²) in [6.07, 6.45) is 1.47. The van der Waals surface area contributed by atoms with Gasteiger partial charge in [0, 0.05) is 5.56 Å². The van der Waals surface area contributed by atoms with Crippen LogP contribution in [0.1, 0.15) is 18.4 Å². The van der Waals surface area contributed by atoms with E-state index in [0.29, 0.717) is 41.6 Å². The smallest absolute Gasteiger partial charge is 0.325 e. The van der Waals surface area contributed by atoms with Gasteiger partial charge in [0.2, 0.25) is 5.89 Å². The van der Waals surface area contributed by atoms with E-state index in [9.17, 15) is 14.0 Å². The van der Waals surface area contributed by atoms with Crippen molar-refractivity contribution >= 4 is 11.9 Å². The molecule has 31 heavy (non-hydrogen) atoms. The molecule has 2 aliphatic heterocycles. The summed E-state index contributed by atoms with van der Waals surface area (Å²) in [6, 6.07) is 10.4. The molecule has 1 aromatic heterocycles. The van der Waals surface area contributed by atoms with Crippen LogP contribution < -0.4 is 14.8 Å². The second-order valence-corrected chi connectivity index (χ2v) is 7.43. The number of ether oxygens (including phenoxy) is 2. The Morgan fingerprint density at radius 1 is 1.10 bits per heavy atom. The summed E-state index contributed by atoms with van der Waals surface area (Å²) in [5.41, 5.74) is -0.0466. The maximum Gasteiger partial charge on any atom is 0.325 e. The van der Waals surface area contributed by atoms with Crippen molar-refractivity contribution in [2.75, 3.05) is 13.2 Å². The number of aromatic nitrogens is 1. The molecule has 0 unspecified atom stereocenters. The summed E-state index contributed by atoms with van der Waals surface area (Å²) >= 11 is 0. The molecule has 1 fully saturated rings. The van der Waals surface area contributed by atoms with Crippen molar-refractivity contribution in [1.29, 1.82) is 0 Å². The molecule has 0 saturated carbocycles. The first-order chi connectivity index (χ1) is 14.9. The average Bonchev–Trinajstić information content (AvgIpc) is 3.33. The predicted molar refractivity (Wildman–Crippen MR) is 106 cm³/mol. The molecule has 0 spiro atoms. The van der Waals surface area contributed by atoms with Gasteiger partial charge in [0.25, 0.3) is 5.91 Å². The summed E-state index contributed by atoms with van der Waals surface area (Å²) in [5, 5.41) is 2.75. The number of urea groups is 1. The van der Waals surface area contributed by atoms with Crippen molar-refractivity contribution in [2.24, 2.45) is 0 Å². The molecule has 0 radical (unpaired) electrons. The number of rotatable bonds is 4. The topological polar surface area (TPSA) is 93.9 Å². The number of nitrogens with zero attached hydrogens (tertiary/aromatic N) is 2. The van der Waals surface area contributed by atoms with Crippen molar-refractivity contribution in [3.8, 4) is 22.8 Å². The van der Waals surface area contributed by atoms with Crippen LogP contribution in [0.4, 0.5) is 9.18 Å². The van der Waals surface area contributed by atoms with Crippen molar-refractivity contribution in [1.82, 2.24) is 15.2 Å². The standard InChI is InChI=1S/C22H18FN3O5/c1-22(14-4-7-16-17(10-14)30-9-8-29-16)20(27)26(21(28)25-22)12-19-24-11-18(31-19)13-2-5-15(23)6-3-13/h2-7,10-11H,8-9,12H2,1H3,(H,25,28)/t22-/m1/s1. The van der Waals surface area contributed by atoms with Crippen molar-refractivity contribution < 1.29 is 27.9 Å². The van der Waals surface area contributed by atoms with E-state index in [-0.39, 0.29) is 18.3 Å². The summed E-state index contributed by atoms with van der Waals surface area (Å²) in [4.78, 5) is 31.0. The van der Waals surface area contributed by atoms with Gasteiger partial charge in [-0.2, -0.15) is 0 Å². The highest BCUT2D eigenvalue weighted by atomic mass is 19.1. The lowest BCUT2D eigenvalue weighted by atomic mass is 9.91. The second kappa shape index (κ2) is 7.12. The summed E-state index contributed by atoms with van der Waals surface area (Å²) < 4.78 is 29.9. The van der Waals surface area contributed by atoms with Crippen molar-refractivity contribution in [3.63, 3.8) is 0 Å². The molecular weight excluding hydrogens is 405 g/mol. The molecule has 1 atom stereocenters. The van der Waals surface area contributed by atoms with Gasteiger partial charge >= 0.3 is 6.03 Å². The zero-order valence-electron chi connectivity index (χ0n) is 16.6. The van der Waals surface area contributed by atoms with Gasteiger partial charge in [-0.1, -0.05) is 6.07 Å². The molecule has 158 valence electrons. The van der Waals surface area contributed by atoms with Crippen LogP contribution in [0.3, 0.4) is 0 Å². The molecule has 3 heterocycles. The number of imide groups is 1. The quantitative estimate of drug-likeness (QED) is 0.648. The minimum absolute atomic E-state index is 0.133. The van der Waals surface area contributed by atoms with Crippen LogP contribution in [0.25, 0.3) is 11.3 Å². The largest absolute Gasteiger partial charge is 0.486 e. The fraction of sp³-hybridized carbons (Fsp3) is 0.227. The average molecular weight is 423 g/mol.